The summed E-state index contributed by atoms with van der Waals surface area (Å²) in [5, 5.41) is 8.74. The van der Waals surface area contributed by atoms with E-state index in [2.05, 4.69) is 0 Å². The molecule has 0 aliphatic heterocycles. The molecule has 0 saturated heterocycles. The molecule has 5 heteroatoms. The van der Waals surface area contributed by atoms with Crippen LogP contribution in [0.3, 0.4) is 0 Å². The van der Waals surface area contributed by atoms with Crippen molar-refractivity contribution in [3.63, 3.8) is 0 Å². The first-order valence-electron chi connectivity index (χ1n) is 6.85. The van der Waals surface area contributed by atoms with Gasteiger partial charge in [-0.2, -0.15) is 0 Å². The molecule has 1 amide bonds. The Kier molecular flexibility index (Phi) is 4.22. The number of nitrogens with two attached hydrogens (primary N) is 1. The number of carbonyl (C=O) groups excluding carboxylic acids is 1. The van der Waals surface area contributed by atoms with Crippen LogP contribution in [0, 0.1) is 5.92 Å². The fourth-order valence-corrected chi connectivity index (χ4v) is 2.76. The Morgan fingerprint density at radius 2 is 1.94 bits per heavy atom. The number of hydrogen-bond acceptors (Lipinski definition) is 3. The topological polar surface area (TPSA) is 83.6 Å². The van der Waals surface area contributed by atoms with Gasteiger partial charge in [0.1, 0.15) is 0 Å². The highest BCUT2D eigenvalue weighted by Crippen LogP contribution is 2.32. The number of rotatable bonds is 5. The Labute approximate surface area is 107 Å². The van der Waals surface area contributed by atoms with E-state index in [9.17, 15) is 9.59 Å². The van der Waals surface area contributed by atoms with Gasteiger partial charge in [-0.1, -0.05) is 6.42 Å². The molecule has 2 aliphatic rings. The van der Waals surface area contributed by atoms with Gasteiger partial charge in [0.25, 0.3) is 0 Å². The number of aliphatic carboxylic acids is 1. The molecule has 0 aromatic rings. The summed E-state index contributed by atoms with van der Waals surface area (Å²) in [5.41, 5.74) is 5.91. The van der Waals surface area contributed by atoms with Crippen LogP contribution in [0.15, 0.2) is 0 Å². The van der Waals surface area contributed by atoms with Crippen LogP contribution in [-0.2, 0) is 9.59 Å². The van der Waals surface area contributed by atoms with Crippen LogP contribution in [0.25, 0.3) is 0 Å². The molecule has 18 heavy (non-hydrogen) atoms. The molecule has 0 aromatic heterocycles. The third kappa shape index (κ3) is 3.45. The minimum Gasteiger partial charge on any atom is -0.481 e. The highest BCUT2D eigenvalue weighted by Gasteiger charge is 2.37. The molecule has 5 nitrogen and oxygen atoms in total. The third-order valence-electron chi connectivity index (χ3n) is 3.90. The molecule has 2 rings (SSSR count). The van der Waals surface area contributed by atoms with E-state index in [0.717, 1.165) is 38.5 Å². The lowest BCUT2D eigenvalue weighted by atomic mass is 9.85. The monoisotopic (exact) mass is 254 g/mol. The Morgan fingerprint density at radius 3 is 2.50 bits per heavy atom. The van der Waals surface area contributed by atoms with Gasteiger partial charge in [0.2, 0.25) is 5.91 Å². The summed E-state index contributed by atoms with van der Waals surface area (Å²) in [4.78, 5) is 24.8. The molecule has 2 atom stereocenters. The van der Waals surface area contributed by atoms with Gasteiger partial charge in [0.05, 0.1) is 6.42 Å². The lowest BCUT2D eigenvalue weighted by Crippen LogP contribution is -2.42. The van der Waals surface area contributed by atoms with Gasteiger partial charge in [-0.15, -0.1) is 0 Å². The number of amides is 1. The maximum atomic E-state index is 12.4. The van der Waals surface area contributed by atoms with E-state index in [4.69, 9.17) is 10.8 Å². The molecule has 0 heterocycles. The van der Waals surface area contributed by atoms with Crippen molar-refractivity contribution in [2.24, 2.45) is 11.7 Å². The van der Waals surface area contributed by atoms with Crippen LogP contribution in [0.2, 0.25) is 0 Å². The number of carboxylic acid groups (broad SMARTS) is 1. The van der Waals surface area contributed by atoms with E-state index >= 15 is 0 Å². The first-order valence-corrected chi connectivity index (χ1v) is 6.85. The van der Waals surface area contributed by atoms with E-state index in [1.807, 2.05) is 0 Å². The normalized spacial score (nSPS) is 27.8. The van der Waals surface area contributed by atoms with Crippen molar-refractivity contribution in [1.29, 1.82) is 0 Å². The molecule has 2 aliphatic carbocycles. The van der Waals surface area contributed by atoms with Crippen molar-refractivity contribution in [3.05, 3.63) is 0 Å². The Hall–Kier alpha value is -1.10. The van der Waals surface area contributed by atoms with Crippen molar-refractivity contribution < 1.29 is 14.7 Å². The van der Waals surface area contributed by atoms with Crippen molar-refractivity contribution in [1.82, 2.24) is 4.90 Å². The maximum absolute atomic E-state index is 12.4. The minimum absolute atomic E-state index is 0.0168. The molecule has 0 spiro atoms. The fourth-order valence-electron chi connectivity index (χ4n) is 2.76. The van der Waals surface area contributed by atoms with Crippen LogP contribution in [0.5, 0.6) is 0 Å². The minimum atomic E-state index is -0.839. The zero-order valence-corrected chi connectivity index (χ0v) is 10.7. The first-order chi connectivity index (χ1) is 8.58. The smallest absolute Gasteiger partial charge is 0.305 e. The van der Waals surface area contributed by atoms with Crippen molar-refractivity contribution in [3.8, 4) is 0 Å². The van der Waals surface area contributed by atoms with Crippen molar-refractivity contribution in [2.75, 3.05) is 6.54 Å². The molecule has 0 radical (unpaired) electrons. The van der Waals surface area contributed by atoms with E-state index in [1.165, 1.54) is 0 Å². The second-order valence-electron chi connectivity index (χ2n) is 5.53. The zero-order chi connectivity index (χ0) is 13.1. The molecule has 2 saturated carbocycles. The largest absolute Gasteiger partial charge is 0.481 e. The summed E-state index contributed by atoms with van der Waals surface area (Å²) < 4.78 is 0. The van der Waals surface area contributed by atoms with Gasteiger partial charge < -0.3 is 15.7 Å². The fraction of sp³-hybridized carbons (Fsp3) is 0.846. The van der Waals surface area contributed by atoms with E-state index in [1.54, 1.807) is 4.90 Å². The second-order valence-corrected chi connectivity index (χ2v) is 5.53. The van der Waals surface area contributed by atoms with E-state index in [0.29, 0.717) is 6.54 Å². The van der Waals surface area contributed by atoms with Gasteiger partial charge in [-0.05, 0) is 32.1 Å². The standard InChI is InChI=1S/C13H22N2O3/c14-10-3-1-2-9(8-10)13(18)15(11-4-5-11)7-6-12(16)17/h9-11H,1-8,14H2,(H,16,17). The number of nitrogens with zero attached hydrogens (tertiary/aromatic N) is 1. The average Bonchev–Trinajstić information content (AvgIpc) is 3.13. The first kappa shape index (κ1) is 13.3. The summed E-state index contributed by atoms with van der Waals surface area (Å²) in [6.07, 6.45) is 5.75. The van der Waals surface area contributed by atoms with Gasteiger partial charge >= 0.3 is 5.97 Å². The number of carboxylic acids is 1. The second kappa shape index (κ2) is 5.69. The van der Waals surface area contributed by atoms with Crippen molar-refractivity contribution in [2.45, 2.75) is 57.0 Å². The van der Waals surface area contributed by atoms with E-state index in [-0.39, 0.29) is 30.3 Å². The summed E-state index contributed by atoms with van der Waals surface area (Å²) >= 11 is 0. The van der Waals surface area contributed by atoms with Crippen LogP contribution >= 0.6 is 0 Å². The summed E-state index contributed by atoms with van der Waals surface area (Å²) in [6.45, 7) is 0.352. The SMILES string of the molecule is NC1CCCC(C(=O)N(CCC(=O)O)C2CC2)C1. The number of carbonyl (C=O) groups is 2. The molecule has 3 N–H and O–H groups in total. The summed E-state index contributed by atoms with van der Waals surface area (Å²) in [7, 11) is 0. The van der Waals surface area contributed by atoms with Crippen molar-refractivity contribution >= 4 is 11.9 Å². The lowest BCUT2D eigenvalue weighted by Gasteiger charge is -2.31. The zero-order valence-electron chi connectivity index (χ0n) is 10.7. The average molecular weight is 254 g/mol. The van der Waals surface area contributed by atoms with Gasteiger partial charge in [-0.25, -0.2) is 0 Å². The quantitative estimate of drug-likeness (QED) is 0.765. The predicted octanol–water partition coefficient (Wildman–Crippen LogP) is 0.970. The summed E-state index contributed by atoms with van der Waals surface area (Å²) in [5.74, 6) is -0.689. The van der Waals surface area contributed by atoms with Gasteiger partial charge in [0.15, 0.2) is 0 Å². The van der Waals surface area contributed by atoms with E-state index < -0.39 is 5.97 Å². The molecular formula is C13H22N2O3. The molecule has 0 aromatic carbocycles. The highest BCUT2D eigenvalue weighted by atomic mass is 16.4. The van der Waals surface area contributed by atoms with Crippen LogP contribution in [-0.4, -0.2) is 40.5 Å². The molecule has 0 bridgehead atoms. The maximum Gasteiger partial charge on any atom is 0.305 e. The van der Waals surface area contributed by atoms with Crippen LogP contribution in [0.1, 0.15) is 44.9 Å². The summed E-state index contributed by atoms with van der Waals surface area (Å²) in [6, 6.07) is 0.420. The predicted molar refractivity (Wildman–Crippen MR) is 66.9 cm³/mol. The Bertz CT molecular complexity index is 328. The van der Waals surface area contributed by atoms with Crippen LogP contribution < -0.4 is 5.73 Å². The number of hydrogen-bond donors (Lipinski definition) is 2. The highest BCUT2D eigenvalue weighted by molar-refractivity contribution is 5.80. The Morgan fingerprint density at radius 1 is 1.22 bits per heavy atom. The molecule has 102 valence electrons. The van der Waals surface area contributed by atoms with Gasteiger partial charge in [-0.3, -0.25) is 9.59 Å². The van der Waals surface area contributed by atoms with Crippen LogP contribution in [0.4, 0.5) is 0 Å². The Balaban J connectivity index is 1.92. The molecular weight excluding hydrogens is 232 g/mol. The molecule has 2 fully saturated rings. The lowest BCUT2D eigenvalue weighted by molar-refractivity contribution is -0.140. The van der Waals surface area contributed by atoms with Gasteiger partial charge in [0, 0.05) is 24.5 Å². The third-order valence-corrected chi connectivity index (χ3v) is 3.90. The molecule has 2 unspecified atom stereocenters.